The molecule has 2 saturated heterocycles. The van der Waals surface area contributed by atoms with Gasteiger partial charge in [0.1, 0.15) is 0 Å². The fourth-order valence-electron chi connectivity index (χ4n) is 2.08. The Kier molecular flexibility index (Phi) is 14.3. The van der Waals surface area contributed by atoms with Crippen LogP contribution in [0.4, 0.5) is 0 Å². The molecule has 178 valence electrons. The molecule has 0 aromatic heterocycles. The van der Waals surface area contributed by atoms with E-state index in [0.717, 1.165) is 53.1 Å². The third kappa shape index (κ3) is 8.82. The summed E-state index contributed by atoms with van der Waals surface area (Å²) in [5, 5.41) is 48.2. The van der Waals surface area contributed by atoms with Gasteiger partial charge in [0.25, 0.3) is 0 Å². The van der Waals surface area contributed by atoms with Crippen molar-refractivity contribution in [2.24, 2.45) is 0 Å². The second-order valence-corrected chi connectivity index (χ2v) is 47.3. The second kappa shape index (κ2) is 14.5. The Bertz CT molecular complexity index is 727. The van der Waals surface area contributed by atoms with Gasteiger partial charge >= 0.3 is 241 Å². The summed E-state index contributed by atoms with van der Waals surface area (Å²) in [5.41, 5.74) is 0. The summed E-state index contributed by atoms with van der Waals surface area (Å²) >= 11 is -5.97. The van der Waals surface area contributed by atoms with Crippen molar-refractivity contribution in [1.29, 1.82) is 0 Å². The number of carboxylic acids is 6. The van der Waals surface area contributed by atoms with Gasteiger partial charge in [-0.15, -0.1) is 0 Å². The average Bonchev–Trinajstić information content (AvgIpc) is 3.29. The van der Waals surface area contributed by atoms with E-state index in [0.29, 0.717) is 0 Å². The van der Waals surface area contributed by atoms with Gasteiger partial charge in [0.2, 0.25) is 0 Å². The van der Waals surface area contributed by atoms with Crippen LogP contribution < -0.4 is 29.6 Å². The molecule has 6 unspecified atom stereocenters. The molecule has 2 rings (SSSR count). The first-order valence-electron chi connectivity index (χ1n) is 7.81. The van der Waals surface area contributed by atoms with E-state index in [1.54, 1.807) is 0 Å². The van der Waals surface area contributed by atoms with E-state index in [4.69, 9.17) is 0 Å². The Balaban J connectivity index is 0.00000544. The van der Waals surface area contributed by atoms with E-state index in [9.17, 15) is 59.4 Å². The van der Waals surface area contributed by atoms with Gasteiger partial charge in [-0.05, 0) is 0 Å². The Labute approximate surface area is 237 Å². The van der Waals surface area contributed by atoms with Crippen molar-refractivity contribution in [1.82, 2.24) is 0 Å². The molecule has 0 aromatic rings. The summed E-state index contributed by atoms with van der Waals surface area (Å²) in [6.45, 7) is 0. The van der Waals surface area contributed by atoms with E-state index in [1.165, 1.54) is 0 Å². The maximum absolute atomic E-state index is 11.9. The van der Waals surface area contributed by atoms with Crippen LogP contribution in [0.25, 0.3) is 0 Å². The molecular formula is C12H12NaO12S6Sb2+. The first kappa shape index (κ1) is 32.6. The summed E-state index contributed by atoms with van der Waals surface area (Å²) < 4.78 is 0. The molecule has 2 aliphatic rings. The predicted molar refractivity (Wildman–Crippen MR) is 126 cm³/mol. The van der Waals surface area contributed by atoms with Gasteiger partial charge in [0.05, 0.1) is 0 Å². The van der Waals surface area contributed by atoms with E-state index in [-0.39, 0.29) is 29.6 Å². The molecule has 0 amide bonds. The third-order valence-corrected chi connectivity index (χ3v) is 50.5. The van der Waals surface area contributed by atoms with Gasteiger partial charge in [-0.25, -0.2) is 0 Å². The van der Waals surface area contributed by atoms with Crippen molar-refractivity contribution in [3.8, 4) is 0 Å². The molecule has 2 aliphatic heterocycles. The summed E-state index contributed by atoms with van der Waals surface area (Å²) in [6.07, 6.45) is 0. The standard InChI is InChI=1S/3C4H6O4S2.Na.2Sb/c3*5-3(6)1(9)2(10)4(7)8;;;/h3*1-2,9-10H,(H,5,6)(H,7,8);;;/q;;;+1;2*+3/p-6. The van der Waals surface area contributed by atoms with Crippen molar-refractivity contribution < 1.29 is 89.0 Å². The zero-order chi connectivity index (χ0) is 24.3. The molecule has 0 aliphatic carbocycles. The van der Waals surface area contributed by atoms with Gasteiger partial charge in [-0.1, -0.05) is 0 Å². The zero-order valence-electron chi connectivity index (χ0n) is 15.9. The van der Waals surface area contributed by atoms with Crippen LogP contribution in [-0.4, -0.2) is 130 Å². The average molecular weight is 807 g/mol. The molecule has 12 nitrogen and oxygen atoms in total. The minimum absolute atomic E-state index is 0. The van der Waals surface area contributed by atoms with Crippen molar-refractivity contribution in [3.63, 3.8) is 0 Å². The Morgan fingerprint density at radius 3 is 0.909 bits per heavy atom. The first-order valence-corrected chi connectivity index (χ1v) is 31.6. The van der Waals surface area contributed by atoms with Gasteiger partial charge < -0.3 is 0 Å². The summed E-state index contributed by atoms with van der Waals surface area (Å²) in [6, 6.07) is 0. The molecule has 21 heteroatoms. The van der Waals surface area contributed by atoms with Crippen LogP contribution in [-0.2, 0) is 28.8 Å². The molecule has 2 heterocycles. The number of hydrogen-bond acceptors (Lipinski definition) is 12. The van der Waals surface area contributed by atoms with E-state index < -0.39 is 99.3 Å². The Morgan fingerprint density at radius 2 is 0.758 bits per heavy atom. The number of aliphatic carboxylic acids is 6. The minimum Gasteiger partial charge on any atom is 1.00 e. The Hall–Kier alpha value is 1.56. The minimum atomic E-state index is -2.99. The van der Waals surface area contributed by atoms with Crippen LogP contribution in [0, 0.1) is 0 Å². The van der Waals surface area contributed by atoms with Crippen LogP contribution >= 0.6 is 53.1 Å². The van der Waals surface area contributed by atoms with E-state index in [2.05, 4.69) is 0 Å². The van der Waals surface area contributed by atoms with Crippen LogP contribution in [0.5, 0.6) is 0 Å². The van der Waals surface area contributed by atoms with E-state index >= 15 is 0 Å². The molecule has 33 heavy (non-hydrogen) atoms. The number of carboxylic acid groups (broad SMARTS) is 6. The summed E-state index contributed by atoms with van der Waals surface area (Å²) in [5.74, 6) is -8.30. The summed E-state index contributed by atoms with van der Waals surface area (Å²) in [7, 11) is 5.17. The Morgan fingerprint density at radius 1 is 0.545 bits per heavy atom. The second-order valence-electron chi connectivity index (χ2n) is 5.63. The quantitative estimate of drug-likeness (QED) is 0.115. The smallest absolute Gasteiger partial charge is 1.00 e. The normalized spacial score (nSPS) is 27.3. The molecule has 0 radical (unpaired) electrons. The SMILES string of the molecule is O=C(O)C1[S][Sb]([S]C(C(=O)O)C([S][Sb]2[S]C(C(=O)O)C(C(=O)O)[S]2)C(=O)O)[S]C1C(=O)O.[Na+]. The monoisotopic (exact) mass is 805 g/mol. The molecule has 2 fully saturated rings. The predicted octanol–water partition coefficient (Wildman–Crippen LogP) is -2.89. The van der Waals surface area contributed by atoms with Crippen molar-refractivity contribution in [3.05, 3.63) is 0 Å². The topological polar surface area (TPSA) is 224 Å². The zero-order valence-corrected chi connectivity index (χ0v) is 27.9. The molecule has 0 spiro atoms. The van der Waals surface area contributed by atoms with Crippen LogP contribution in [0.2, 0.25) is 0 Å². The van der Waals surface area contributed by atoms with Gasteiger partial charge in [0, 0.05) is 0 Å². The van der Waals surface area contributed by atoms with Crippen LogP contribution in [0.15, 0.2) is 0 Å². The fourth-order valence-corrected chi connectivity index (χ4v) is 62.2. The van der Waals surface area contributed by atoms with Crippen LogP contribution in [0.3, 0.4) is 0 Å². The molecular weight excluding hydrogens is 795 g/mol. The van der Waals surface area contributed by atoms with Crippen molar-refractivity contribution in [2.75, 3.05) is 0 Å². The molecule has 0 saturated carbocycles. The first-order chi connectivity index (χ1) is 14.8. The van der Waals surface area contributed by atoms with Crippen molar-refractivity contribution in [2.45, 2.75) is 31.5 Å². The third-order valence-electron chi connectivity index (χ3n) is 3.48. The summed E-state index contributed by atoms with van der Waals surface area (Å²) in [4.78, 5) is 69.1. The van der Waals surface area contributed by atoms with Gasteiger partial charge in [0.15, 0.2) is 0 Å². The van der Waals surface area contributed by atoms with Gasteiger partial charge in [-0.3, -0.25) is 0 Å². The number of rotatable bonds is 11. The van der Waals surface area contributed by atoms with Gasteiger partial charge in [-0.2, -0.15) is 0 Å². The van der Waals surface area contributed by atoms with E-state index in [1.807, 2.05) is 0 Å². The number of carbonyl (C=O) groups is 6. The molecule has 6 atom stereocenters. The molecule has 0 bridgehead atoms. The molecule has 6 N–H and O–H groups in total. The fraction of sp³-hybridized carbons (Fsp3) is 0.500. The maximum atomic E-state index is 11.9. The van der Waals surface area contributed by atoms with Crippen LogP contribution in [0.1, 0.15) is 0 Å². The van der Waals surface area contributed by atoms with Crippen molar-refractivity contribution >= 4 is 121 Å². The maximum Gasteiger partial charge on any atom is 1.00 e. The largest absolute Gasteiger partial charge is 1.00 e. The molecule has 0 aromatic carbocycles. The number of hydrogen-bond donors (Lipinski definition) is 6.